The van der Waals surface area contributed by atoms with Gasteiger partial charge in [-0.1, -0.05) is 181 Å². The molecule has 0 nitrogen and oxygen atoms in total. The summed E-state index contributed by atoms with van der Waals surface area (Å²) in [5.41, 5.74) is 0. The van der Waals surface area contributed by atoms with Crippen molar-refractivity contribution < 1.29 is 0 Å². The standard InChI is InChI=1S/C36H70S4/c1-3-5-7-9-11-13-15-17-19-21-23-25-27-29-31-37-35-36(40-34-33-39-35)38-32-30-28-26-24-22-20-18-16-14-12-10-8-6-4-2/h3-34H2,1-2H3. The molecule has 4 heteroatoms. The van der Waals surface area contributed by atoms with Crippen LogP contribution >= 0.6 is 47.0 Å². The van der Waals surface area contributed by atoms with Crippen LogP contribution in [0.3, 0.4) is 0 Å². The van der Waals surface area contributed by atoms with Crippen molar-refractivity contribution in [2.45, 2.75) is 194 Å². The molecular formula is C36H70S4. The van der Waals surface area contributed by atoms with Crippen LogP contribution < -0.4 is 0 Å². The lowest BCUT2D eigenvalue weighted by atomic mass is 10.0. The van der Waals surface area contributed by atoms with Crippen molar-refractivity contribution in [1.82, 2.24) is 0 Å². The van der Waals surface area contributed by atoms with Gasteiger partial charge in [-0.2, -0.15) is 0 Å². The van der Waals surface area contributed by atoms with Crippen LogP contribution in [0.4, 0.5) is 0 Å². The van der Waals surface area contributed by atoms with Crippen molar-refractivity contribution in [3.8, 4) is 0 Å². The Bertz CT molecular complexity index is 487. The Morgan fingerprint density at radius 1 is 0.350 bits per heavy atom. The van der Waals surface area contributed by atoms with E-state index < -0.39 is 0 Å². The highest BCUT2D eigenvalue weighted by Gasteiger charge is 2.15. The van der Waals surface area contributed by atoms with E-state index in [1.165, 1.54) is 203 Å². The predicted molar refractivity (Wildman–Crippen MR) is 197 cm³/mol. The maximum absolute atomic E-state index is 2.31. The summed E-state index contributed by atoms with van der Waals surface area (Å²) in [6.07, 6.45) is 40.8. The maximum atomic E-state index is 2.31. The van der Waals surface area contributed by atoms with Crippen LogP contribution in [0.15, 0.2) is 8.47 Å². The highest BCUT2D eigenvalue weighted by Crippen LogP contribution is 2.46. The van der Waals surface area contributed by atoms with Crippen LogP contribution in [-0.2, 0) is 0 Å². The maximum Gasteiger partial charge on any atom is 0.0602 e. The number of thioether (sulfide) groups is 4. The van der Waals surface area contributed by atoms with E-state index in [4.69, 9.17) is 0 Å². The molecule has 0 saturated heterocycles. The lowest BCUT2D eigenvalue weighted by molar-refractivity contribution is 0.538. The van der Waals surface area contributed by atoms with Crippen LogP contribution in [0.25, 0.3) is 0 Å². The lowest BCUT2D eigenvalue weighted by Gasteiger charge is -2.18. The van der Waals surface area contributed by atoms with Gasteiger partial charge in [0.25, 0.3) is 0 Å². The Balaban J connectivity index is 1.90. The molecule has 0 aromatic carbocycles. The molecule has 0 fully saturated rings. The van der Waals surface area contributed by atoms with Gasteiger partial charge in [0.2, 0.25) is 0 Å². The summed E-state index contributed by atoms with van der Waals surface area (Å²) >= 11 is 8.65. The number of rotatable bonds is 32. The molecule has 238 valence electrons. The molecule has 1 aliphatic heterocycles. The molecule has 0 atom stereocenters. The molecule has 0 spiro atoms. The Hall–Kier alpha value is 1.14. The van der Waals surface area contributed by atoms with Crippen molar-refractivity contribution >= 4 is 47.0 Å². The molecule has 1 heterocycles. The molecule has 1 rings (SSSR count). The quantitative estimate of drug-likeness (QED) is 0.0678. The summed E-state index contributed by atoms with van der Waals surface area (Å²) in [6, 6.07) is 0. The Labute approximate surface area is 270 Å². The van der Waals surface area contributed by atoms with E-state index in [0.717, 1.165) is 0 Å². The van der Waals surface area contributed by atoms with Gasteiger partial charge >= 0.3 is 0 Å². The van der Waals surface area contributed by atoms with Gasteiger partial charge in [0.05, 0.1) is 8.47 Å². The third-order valence-electron chi connectivity index (χ3n) is 8.18. The minimum Gasteiger partial charge on any atom is -0.118 e. The van der Waals surface area contributed by atoms with Crippen LogP contribution in [0.1, 0.15) is 194 Å². The second-order valence-corrected chi connectivity index (χ2v) is 17.1. The molecule has 0 amide bonds. The summed E-state index contributed by atoms with van der Waals surface area (Å²) in [5.74, 6) is 5.30. The Morgan fingerprint density at radius 3 is 0.825 bits per heavy atom. The summed E-state index contributed by atoms with van der Waals surface area (Å²) in [6.45, 7) is 4.62. The predicted octanol–water partition coefficient (Wildman–Crippen LogP) is 15.0. The topological polar surface area (TPSA) is 0 Å². The van der Waals surface area contributed by atoms with E-state index in [9.17, 15) is 0 Å². The van der Waals surface area contributed by atoms with Gasteiger partial charge in [0, 0.05) is 11.5 Å². The van der Waals surface area contributed by atoms with E-state index in [1.54, 1.807) is 8.47 Å². The third kappa shape index (κ3) is 26.7. The fraction of sp³-hybridized carbons (Fsp3) is 0.944. The number of unbranched alkanes of at least 4 members (excludes halogenated alkanes) is 26. The first-order valence-corrected chi connectivity index (χ1v) is 22.1. The molecule has 0 aromatic heterocycles. The van der Waals surface area contributed by atoms with Crippen molar-refractivity contribution in [2.75, 3.05) is 23.0 Å². The molecule has 0 saturated carbocycles. The Morgan fingerprint density at radius 2 is 0.575 bits per heavy atom. The smallest absolute Gasteiger partial charge is 0.0602 e. The highest BCUT2D eigenvalue weighted by molar-refractivity contribution is 8.29. The molecule has 0 N–H and O–H groups in total. The van der Waals surface area contributed by atoms with Gasteiger partial charge in [-0.3, -0.25) is 0 Å². The first-order chi connectivity index (χ1) is 19.9. The minimum atomic E-state index is 1.31. The fourth-order valence-corrected chi connectivity index (χ4v) is 11.2. The summed E-state index contributed by atoms with van der Waals surface area (Å²) in [5, 5.41) is 0. The Kier molecular flexibility index (Phi) is 32.4. The average Bonchev–Trinajstić information content (AvgIpc) is 2.97. The lowest BCUT2D eigenvalue weighted by Crippen LogP contribution is -1.95. The molecule has 0 unspecified atom stereocenters. The normalized spacial score (nSPS) is 13.9. The van der Waals surface area contributed by atoms with E-state index in [0.29, 0.717) is 0 Å². The zero-order valence-corrected chi connectivity index (χ0v) is 30.5. The van der Waals surface area contributed by atoms with Crippen LogP contribution in [0, 0.1) is 0 Å². The van der Waals surface area contributed by atoms with Crippen LogP contribution in [-0.4, -0.2) is 23.0 Å². The molecular weight excluding hydrogens is 561 g/mol. The van der Waals surface area contributed by atoms with Gasteiger partial charge in [0.1, 0.15) is 0 Å². The summed E-state index contributed by atoms with van der Waals surface area (Å²) in [7, 11) is 0. The SMILES string of the molecule is CCCCCCCCCCCCCCCCSC1=C(SCCCCCCCCCCCCCCCC)SCCS1. The highest BCUT2D eigenvalue weighted by atomic mass is 32.2. The fourth-order valence-electron chi connectivity index (χ4n) is 5.51. The van der Waals surface area contributed by atoms with E-state index >= 15 is 0 Å². The first kappa shape index (κ1) is 39.2. The van der Waals surface area contributed by atoms with Gasteiger partial charge in [-0.15, -0.1) is 47.0 Å². The van der Waals surface area contributed by atoms with Gasteiger partial charge in [-0.25, -0.2) is 0 Å². The minimum absolute atomic E-state index is 1.31. The zero-order valence-electron chi connectivity index (χ0n) is 27.3. The summed E-state index contributed by atoms with van der Waals surface area (Å²) < 4.78 is 3.34. The number of hydrogen-bond acceptors (Lipinski definition) is 4. The molecule has 40 heavy (non-hydrogen) atoms. The molecule has 0 bridgehead atoms. The molecule has 0 radical (unpaired) electrons. The second-order valence-electron chi connectivity index (χ2n) is 12.2. The van der Waals surface area contributed by atoms with Crippen molar-refractivity contribution in [1.29, 1.82) is 0 Å². The number of hydrogen-bond donors (Lipinski definition) is 0. The molecule has 1 aliphatic rings. The van der Waals surface area contributed by atoms with Crippen LogP contribution in [0.2, 0.25) is 0 Å². The van der Waals surface area contributed by atoms with E-state index in [1.807, 2.05) is 0 Å². The molecule has 0 aromatic rings. The monoisotopic (exact) mass is 630 g/mol. The van der Waals surface area contributed by atoms with E-state index in [2.05, 4.69) is 60.9 Å². The van der Waals surface area contributed by atoms with Crippen molar-refractivity contribution in [3.05, 3.63) is 8.47 Å². The third-order valence-corrected chi connectivity index (χ3v) is 14.0. The van der Waals surface area contributed by atoms with Crippen LogP contribution in [0.5, 0.6) is 0 Å². The van der Waals surface area contributed by atoms with Crippen molar-refractivity contribution in [2.24, 2.45) is 0 Å². The van der Waals surface area contributed by atoms with Gasteiger partial charge in [0.15, 0.2) is 0 Å². The summed E-state index contributed by atoms with van der Waals surface area (Å²) in [4.78, 5) is 0. The van der Waals surface area contributed by atoms with Gasteiger partial charge in [-0.05, 0) is 24.3 Å². The average molecular weight is 631 g/mol. The first-order valence-electron chi connectivity index (χ1n) is 18.1. The van der Waals surface area contributed by atoms with E-state index in [-0.39, 0.29) is 0 Å². The molecule has 0 aliphatic carbocycles. The largest absolute Gasteiger partial charge is 0.118 e. The van der Waals surface area contributed by atoms with Crippen molar-refractivity contribution in [3.63, 3.8) is 0 Å². The van der Waals surface area contributed by atoms with Gasteiger partial charge < -0.3 is 0 Å². The second kappa shape index (κ2) is 33.0. The zero-order chi connectivity index (χ0) is 28.6.